The van der Waals surface area contributed by atoms with E-state index in [1.54, 1.807) is 35.2 Å². The van der Waals surface area contributed by atoms with Crippen LogP contribution in [0.1, 0.15) is 0 Å². The van der Waals surface area contributed by atoms with Gasteiger partial charge in [0, 0.05) is 18.1 Å². The molecule has 4 nitrogen and oxygen atoms in total. The molecule has 0 saturated heterocycles. The molecule has 0 aliphatic carbocycles. The Hall–Kier alpha value is -1.17. The second-order valence-corrected chi connectivity index (χ2v) is 5.12. The van der Waals surface area contributed by atoms with Crippen LogP contribution in [0.2, 0.25) is 10.0 Å². The Bertz CT molecular complexity index is 586. The van der Waals surface area contributed by atoms with Crippen molar-refractivity contribution in [3.8, 4) is 5.69 Å². The van der Waals surface area contributed by atoms with Gasteiger partial charge in [0.05, 0.1) is 15.8 Å². The third kappa shape index (κ3) is 2.98. The standard InChI is InChI=1S/C11H8Cl2N2O2S/c12-8-2-1-7(5-9(8)13)15-4-3-14-11(15)18-6-10(16)17/h1-5H,6H2,(H,16,17). The van der Waals surface area contributed by atoms with E-state index < -0.39 is 5.97 Å². The molecule has 0 bridgehead atoms. The number of hydrogen-bond donors (Lipinski definition) is 1. The van der Waals surface area contributed by atoms with Crippen molar-refractivity contribution in [2.45, 2.75) is 5.16 Å². The fourth-order valence-corrected chi connectivity index (χ4v) is 2.34. The number of imidazole rings is 1. The Labute approximate surface area is 118 Å². The lowest BCUT2D eigenvalue weighted by molar-refractivity contribution is -0.133. The first-order chi connectivity index (χ1) is 8.58. The van der Waals surface area contributed by atoms with Crippen molar-refractivity contribution in [3.63, 3.8) is 0 Å². The van der Waals surface area contributed by atoms with Gasteiger partial charge in [-0.1, -0.05) is 35.0 Å². The zero-order valence-electron chi connectivity index (χ0n) is 9.01. The number of halogens is 2. The summed E-state index contributed by atoms with van der Waals surface area (Å²) >= 11 is 12.9. The van der Waals surface area contributed by atoms with E-state index in [-0.39, 0.29) is 5.75 Å². The van der Waals surface area contributed by atoms with Gasteiger partial charge in [0.2, 0.25) is 0 Å². The molecular weight excluding hydrogens is 295 g/mol. The molecular formula is C11H8Cl2N2O2S. The molecule has 0 saturated carbocycles. The molecule has 7 heteroatoms. The number of benzene rings is 1. The van der Waals surface area contributed by atoms with Gasteiger partial charge in [0.25, 0.3) is 0 Å². The van der Waals surface area contributed by atoms with E-state index in [0.717, 1.165) is 17.4 Å². The zero-order chi connectivity index (χ0) is 13.1. The molecule has 1 N–H and O–H groups in total. The Kier molecular flexibility index (Phi) is 4.16. The van der Waals surface area contributed by atoms with Gasteiger partial charge in [-0.2, -0.15) is 0 Å². The van der Waals surface area contributed by atoms with Crippen LogP contribution in [-0.2, 0) is 4.79 Å². The minimum absolute atomic E-state index is 0.0433. The molecule has 1 aromatic heterocycles. The van der Waals surface area contributed by atoms with Gasteiger partial charge in [-0.05, 0) is 18.2 Å². The largest absolute Gasteiger partial charge is 0.481 e. The number of rotatable bonds is 4. The lowest BCUT2D eigenvalue weighted by Crippen LogP contribution is -2.01. The average Bonchev–Trinajstić information content (AvgIpc) is 2.78. The summed E-state index contributed by atoms with van der Waals surface area (Å²) in [6.45, 7) is 0. The van der Waals surface area contributed by atoms with Crippen molar-refractivity contribution in [2.75, 3.05) is 5.75 Å². The molecule has 0 amide bonds. The van der Waals surface area contributed by atoms with Crippen LogP contribution in [0.4, 0.5) is 0 Å². The number of aromatic nitrogens is 2. The zero-order valence-corrected chi connectivity index (χ0v) is 11.3. The molecule has 0 fully saturated rings. The van der Waals surface area contributed by atoms with Crippen LogP contribution in [0.3, 0.4) is 0 Å². The van der Waals surface area contributed by atoms with E-state index in [2.05, 4.69) is 4.98 Å². The quantitative estimate of drug-likeness (QED) is 0.880. The van der Waals surface area contributed by atoms with Crippen molar-refractivity contribution in [1.29, 1.82) is 0 Å². The van der Waals surface area contributed by atoms with Gasteiger partial charge in [-0.3, -0.25) is 9.36 Å². The number of hydrogen-bond acceptors (Lipinski definition) is 3. The summed E-state index contributed by atoms with van der Waals surface area (Å²) in [4.78, 5) is 14.6. The summed E-state index contributed by atoms with van der Waals surface area (Å²) in [5, 5.41) is 10.2. The van der Waals surface area contributed by atoms with Gasteiger partial charge in [0.15, 0.2) is 5.16 Å². The maximum atomic E-state index is 10.5. The number of carboxylic acids is 1. The molecule has 0 unspecified atom stereocenters. The predicted molar refractivity (Wildman–Crippen MR) is 71.9 cm³/mol. The van der Waals surface area contributed by atoms with Crippen LogP contribution in [-0.4, -0.2) is 26.4 Å². The first kappa shape index (κ1) is 13.3. The SMILES string of the molecule is O=C(O)CSc1nccn1-c1ccc(Cl)c(Cl)c1. The molecule has 94 valence electrons. The Morgan fingerprint density at radius 1 is 1.39 bits per heavy atom. The highest BCUT2D eigenvalue weighted by Gasteiger charge is 2.09. The fourth-order valence-electron chi connectivity index (χ4n) is 1.35. The Morgan fingerprint density at radius 3 is 2.83 bits per heavy atom. The Balaban J connectivity index is 2.30. The van der Waals surface area contributed by atoms with E-state index in [9.17, 15) is 4.79 Å². The van der Waals surface area contributed by atoms with E-state index >= 15 is 0 Å². The third-order valence-electron chi connectivity index (χ3n) is 2.11. The molecule has 0 aliphatic rings. The van der Waals surface area contributed by atoms with E-state index in [1.165, 1.54) is 0 Å². The number of carboxylic acid groups (broad SMARTS) is 1. The molecule has 2 rings (SSSR count). The van der Waals surface area contributed by atoms with Gasteiger partial charge >= 0.3 is 5.97 Å². The third-order valence-corrected chi connectivity index (χ3v) is 3.80. The number of carbonyl (C=O) groups is 1. The summed E-state index contributed by atoms with van der Waals surface area (Å²) in [7, 11) is 0. The first-order valence-electron chi connectivity index (χ1n) is 4.91. The summed E-state index contributed by atoms with van der Waals surface area (Å²) < 4.78 is 1.76. The molecule has 1 heterocycles. The minimum atomic E-state index is -0.885. The van der Waals surface area contributed by atoms with Crippen LogP contribution < -0.4 is 0 Å². The monoisotopic (exact) mass is 302 g/mol. The van der Waals surface area contributed by atoms with Crippen molar-refractivity contribution < 1.29 is 9.90 Å². The summed E-state index contributed by atoms with van der Waals surface area (Å²) in [6.07, 6.45) is 3.34. The second-order valence-electron chi connectivity index (χ2n) is 3.36. The second kappa shape index (κ2) is 5.65. The maximum absolute atomic E-state index is 10.5. The molecule has 1 aromatic carbocycles. The van der Waals surface area contributed by atoms with Crippen LogP contribution in [0.25, 0.3) is 5.69 Å². The number of aliphatic carboxylic acids is 1. The van der Waals surface area contributed by atoms with E-state index in [1.807, 2.05) is 0 Å². The van der Waals surface area contributed by atoms with Gasteiger partial charge in [0.1, 0.15) is 0 Å². The molecule has 0 atom stereocenters. The highest BCUT2D eigenvalue weighted by molar-refractivity contribution is 7.99. The fraction of sp³-hybridized carbons (Fsp3) is 0.0909. The van der Waals surface area contributed by atoms with Gasteiger partial charge in [-0.25, -0.2) is 4.98 Å². The normalized spacial score (nSPS) is 10.6. The van der Waals surface area contributed by atoms with Crippen molar-refractivity contribution >= 4 is 40.9 Å². The molecule has 0 aliphatic heterocycles. The summed E-state index contributed by atoms with van der Waals surface area (Å²) in [5.41, 5.74) is 0.787. The smallest absolute Gasteiger partial charge is 0.313 e. The van der Waals surface area contributed by atoms with Crippen LogP contribution in [0.5, 0.6) is 0 Å². The van der Waals surface area contributed by atoms with Crippen molar-refractivity contribution in [3.05, 3.63) is 40.6 Å². The lowest BCUT2D eigenvalue weighted by atomic mass is 10.3. The van der Waals surface area contributed by atoms with E-state index in [4.69, 9.17) is 28.3 Å². The molecule has 0 radical (unpaired) electrons. The number of nitrogens with zero attached hydrogens (tertiary/aromatic N) is 2. The Morgan fingerprint density at radius 2 is 2.17 bits per heavy atom. The highest BCUT2D eigenvalue weighted by Crippen LogP contribution is 2.27. The topological polar surface area (TPSA) is 55.1 Å². The molecule has 18 heavy (non-hydrogen) atoms. The average molecular weight is 303 g/mol. The predicted octanol–water partition coefficient (Wildman–Crippen LogP) is 3.36. The summed E-state index contributed by atoms with van der Waals surface area (Å²) in [5.74, 6) is -0.929. The first-order valence-corrected chi connectivity index (χ1v) is 6.65. The van der Waals surface area contributed by atoms with Crippen LogP contribution in [0, 0.1) is 0 Å². The van der Waals surface area contributed by atoms with E-state index in [0.29, 0.717) is 15.2 Å². The molecule has 0 spiro atoms. The minimum Gasteiger partial charge on any atom is -0.481 e. The van der Waals surface area contributed by atoms with Gasteiger partial charge < -0.3 is 5.11 Å². The highest BCUT2D eigenvalue weighted by atomic mass is 35.5. The molecule has 2 aromatic rings. The lowest BCUT2D eigenvalue weighted by Gasteiger charge is -2.07. The van der Waals surface area contributed by atoms with Crippen LogP contribution >= 0.6 is 35.0 Å². The maximum Gasteiger partial charge on any atom is 0.313 e. The number of thioether (sulfide) groups is 1. The van der Waals surface area contributed by atoms with Crippen molar-refractivity contribution in [2.24, 2.45) is 0 Å². The summed E-state index contributed by atoms with van der Waals surface area (Å²) in [6, 6.07) is 5.18. The van der Waals surface area contributed by atoms with Gasteiger partial charge in [-0.15, -0.1) is 0 Å². The van der Waals surface area contributed by atoms with Crippen molar-refractivity contribution in [1.82, 2.24) is 9.55 Å². The van der Waals surface area contributed by atoms with Crippen LogP contribution in [0.15, 0.2) is 35.7 Å².